The number of hydrogen-bond donors (Lipinski definition) is 1. The Morgan fingerprint density at radius 3 is 1.25 bits per heavy atom. The monoisotopic (exact) mass is 2120 g/mol. The lowest BCUT2D eigenvalue weighted by molar-refractivity contribution is -0.273. The van der Waals surface area contributed by atoms with Crippen LogP contribution in [0.15, 0.2) is 0 Å². The molecule has 778 valence electrons. The van der Waals surface area contributed by atoms with Crippen molar-refractivity contribution >= 4 is 107 Å². The predicted molar refractivity (Wildman–Crippen MR) is 406 cm³/mol. The molecule has 16 bridgehead atoms. The molecule has 0 aromatic carbocycles. The molecule has 135 heavy (non-hydrogen) atoms. The Balaban J connectivity index is 0.000000157. The molecule has 34 nitrogen and oxygen atoms in total. The van der Waals surface area contributed by atoms with Crippen molar-refractivity contribution in [1.82, 2.24) is 0 Å². The molecular formula is C76H96F18O34S7-6. The van der Waals surface area contributed by atoms with E-state index in [-0.39, 0.29) is 86.2 Å². The maximum Gasteiger partial charge on any atom is 0.432 e. The van der Waals surface area contributed by atoms with Crippen LogP contribution in [-0.2, 0) is 132 Å². The summed E-state index contributed by atoms with van der Waals surface area (Å²) in [5.41, 5.74) is -3.87. The van der Waals surface area contributed by atoms with Crippen molar-refractivity contribution in [2.75, 3.05) is 13.2 Å². The first-order valence-corrected chi connectivity index (χ1v) is 53.1. The van der Waals surface area contributed by atoms with Gasteiger partial charge in [0.2, 0.25) is 0 Å². The predicted octanol–water partition coefficient (Wildman–Crippen LogP) is 9.94. The third-order valence-electron chi connectivity index (χ3n) is 29.6. The van der Waals surface area contributed by atoms with Crippen LogP contribution in [0.25, 0.3) is 0 Å². The second-order valence-corrected chi connectivity index (χ2v) is 50.0. The molecule has 0 spiro atoms. The first kappa shape index (κ1) is 110. The van der Waals surface area contributed by atoms with Crippen molar-refractivity contribution in [2.45, 2.75) is 316 Å². The average Bonchev–Trinajstić information content (AvgIpc) is 1.54. The highest BCUT2D eigenvalue weighted by Crippen LogP contribution is 2.66. The fourth-order valence-corrected chi connectivity index (χ4v) is 29.8. The Morgan fingerprint density at radius 1 is 0.459 bits per heavy atom. The summed E-state index contributed by atoms with van der Waals surface area (Å²) in [6.45, 7) is -3.05. The van der Waals surface area contributed by atoms with Crippen LogP contribution in [-0.4, -0.2) is 237 Å². The number of aliphatic hydroxyl groups is 1. The fourth-order valence-electron chi connectivity index (χ4n) is 24.9. The van der Waals surface area contributed by atoms with Crippen LogP contribution in [0.1, 0.15) is 219 Å². The number of rotatable bonds is 25. The van der Waals surface area contributed by atoms with Crippen LogP contribution in [0.4, 0.5) is 79.0 Å². The molecule has 14 unspecified atom stereocenters. The van der Waals surface area contributed by atoms with Gasteiger partial charge < -0.3 is 60.8 Å². The summed E-state index contributed by atoms with van der Waals surface area (Å²) in [5.74, 6) is -19.2. The molecule has 1 heterocycles. The standard InChI is InChI=1S/C21H32O7S.C15H21F3O5S.C14H17F5O5S.C13H18F2O6S.C9H10F2O8S2.C4H4F6O3S/c22-20(27-14-7-3-1-4-8-14)18-13-11-16(17(12-13)29(24,25)26)19(18)21(23)28-15-9-5-2-6-10-15;16-12(15(17,18)24(20,21)22)1-2-23-13(19)14-6-9-3-10(7-14)5-11(4-9)8-14;15-13(16,17)10(14(18,19)25(21,22)23)24-11(20)12-4-7-1-8(5-12)3-9(2-7)6-12;14-13(15,22(18,19)20)7-21-10(16)11-2-8-1-9(3-11)5-12(17,4-8)6-11;10-9(11,21(15,16)17)8(12)18-6-3-1-4-5(2-3)20(13,14)19-7(4)6;1-2(5,6)3(7,8)4(9,10)14(11,12)13/h13-19H,1-12H2,(H,24,25,26);9-12H,1-8H2,(H,20,21,22);7-10H,1-6H2,(H,21,22,23);8-9,17H,1-7H2,(H,18,19,20);3-7H,1-2H2,(H,15,16,17);1H3,(H,11,12,13)/p-6. The maximum atomic E-state index is 13.5. The summed E-state index contributed by atoms with van der Waals surface area (Å²) < 4.78 is 476. The van der Waals surface area contributed by atoms with Crippen molar-refractivity contribution in [3.8, 4) is 0 Å². The maximum absolute atomic E-state index is 13.5. The minimum absolute atomic E-state index is 0.0944. The SMILES string of the molecule is CC(F)(F)C(F)(F)C(F)(F)S(=O)(=O)[O-].O=C(OC(C(F)(F)F)C(F)(F)S(=O)(=O)[O-])C12CC3CC(CC(C3)C1)C2.O=C(OC1C2CC3C1OS(=O)(=O)C3C2)C(F)(F)S(=O)(=O)[O-].O=C(OC1CCCCC1)C1C2CC(C1C(=O)OC1CCCCC1)C(S(=O)(=O)[O-])C2.O=C(OCC(F)(F)S(=O)(=O)[O-])C12CC3CC(CC(O)(C3)C1)C2.O=C(OCCC(F)C(F)(F)S(=O)(=O)[O-])C12CC3CC(CC(C3)C1)C2. The van der Waals surface area contributed by atoms with Crippen molar-refractivity contribution in [3.63, 3.8) is 0 Å². The first-order chi connectivity index (χ1) is 61.3. The van der Waals surface area contributed by atoms with Crippen LogP contribution in [0.2, 0.25) is 0 Å². The zero-order valence-corrected chi connectivity index (χ0v) is 76.7. The molecule has 14 atom stereocenters. The molecule has 0 radical (unpaired) electrons. The van der Waals surface area contributed by atoms with Gasteiger partial charge in [-0.3, -0.25) is 28.2 Å². The van der Waals surface area contributed by atoms with Crippen LogP contribution in [0, 0.1) is 99.1 Å². The molecule has 0 aromatic heterocycles. The zero-order chi connectivity index (χ0) is 101. The summed E-state index contributed by atoms with van der Waals surface area (Å²) in [6, 6.07) is 0. The molecule has 19 fully saturated rings. The largest absolute Gasteiger partial charge is 0.748 e. The van der Waals surface area contributed by atoms with E-state index in [0.29, 0.717) is 56.3 Å². The lowest BCUT2D eigenvalue weighted by atomic mass is 9.48. The molecule has 0 aromatic rings. The summed E-state index contributed by atoms with van der Waals surface area (Å²) in [5, 5.41) is -18.4. The smallest absolute Gasteiger partial charge is 0.432 e. The van der Waals surface area contributed by atoms with Gasteiger partial charge >= 0.3 is 80.1 Å². The molecule has 0 amide bonds. The van der Waals surface area contributed by atoms with Gasteiger partial charge in [-0.1, -0.05) is 12.8 Å². The Hall–Kier alpha value is -5.11. The number of fused-ring (bicyclic) bond motifs is 3. The Morgan fingerprint density at radius 2 is 0.867 bits per heavy atom. The van der Waals surface area contributed by atoms with Gasteiger partial charge in [0.15, 0.2) is 63.4 Å². The normalized spacial score (nSPS) is 35.5. The van der Waals surface area contributed by atoms with E-state index in [1.165, 1.54) is 0 Å². The minimum atomic E-state index is -6.86. The molecule has 19 aliphatic rings. The molecule has 18 aliphatic carbocycles. The minimum Gasteiger partial charge on any atom is -0.748 e. The molecule has 19 rings (SSSR count). The second kappa shape index (κ2) is 38.2. The number of alkyl halides is 18. The van der Waals surface area contributed by atoms with Crippen molar-refractivity contribution in [1.29, 1.82) is 0 Å². The number of hydrogen-bond acceptors (Lipinski definition) is 34. The topological polar surface area (TPSA) is 565 Å². The number of carbonyl (C=O) groups excluding carboxylic acids is 6. The number of ether oxygens (including phenoxy) is 6. The number of halogens is 18. The van der Waals surface area contributed by atoms with E-state index in [2.05, 4.69) is 14.2 Å². The van der Waals surface area contributed by atoms with Gasteiger partial charge in [-0.2, -0.15) is 83.1 Å². The Kier molecular flexibility index (Phi) is 31.2. The van der Waals surface area contributed by atoms with Crippen LogP contribution in [0.3, 0.4) is 0 Å². The van der Waals surface area contributed by atoms with E-state index in [1.54, 1.807) is 0 Å². The Labute approximate surface area is 762 Å². The second-order valence-electron chi connectivity index (χ2n) is 39.4. The lowest BCUT2D eigenvalue weighted by Crippen LogP contribution is -2.58. The summed E-state index contributed by atoms with van der Waals surface area (Å²) in [7, 11) is -40.0. The van der Waals surface area contributed by atoms with Gasteiger partial charge in [0.25, 0.3) is 16.2 Å². The zero-order valence-electron chi connectivity index (χ0n) is 71.0. The number of carbonyl (C=O) groups is 6. The molecule has 18 saturated carbocycles. The van der Waals surface area contributed by atoms with Crippen molar-refractivity contribution < 1.29 is 232 Å². The molecule has 1 saturated heterocycles. The third-order valence-corrected chi connectivity index (χ3v) is 37.0. The van der Waals surface area contributed by atoms with E-state index >= 15 is 0 Å². The van der Waals surface area contributed by atoms with Gasteiger partial charge in [0.1, 0.15) is 24.4 Å². The van der Waals surface area contributed by atoms with Gasteiger partial charge in [-0.05, 0) is 252 Å². The fraction of sp³-hybridized carbons (Fsp3) is 0.921. The summed E-state index contributed by atoms with van der Waals surface area (Å²) in [6.07, 6.45) is 5.46. The highest BCUT2D eigenvalue weighted by atomic mass is 32.2. The van der Waals surface area contributed by atoms with Crippen LogP contribution in [0.5, 0.6) is 0 Å². The Bertz CT molecular complexity index is 5200. The average molecular weight is 2120 g/mol. The highest BCUT2D eigenvalue weighted by Gasteiger charge is 2.74. The van der Waals surface area contributed by atoms with E-state index in [0.717, 1.165) is 128 Å². The summed E-state index contributed by atoms with van der Waals surface area (Å²) >= 11 is 0. The lowest BCUT2D eigenvalue weighted by Gasteiger charge is -2.58. The van der Waals surface area contributed by atoms with E-state index in [4.69, 9.17) is 18.4 Å². The molecule has 59 heteroatoms. The number of esters is 6. The van der Waals surface area contributed by atoms with Gasteiger partial charge in [-0.25, -0.2) is 59.7 Å². The third kappa shape index (κ3) is 22.9. The molecular weight excluding hydrogens is 2020 g/mol. The molecule has 1 aliphatic heterocycles. The van der Waals surface area contributed by atoms with E-state index in [1.807, 2.05) is 0 Å². The van der Waals surface area contributed by atoms with Gasteiger partial charge in [0, 0.05) is 25.2 Å². The molecule has 1 N–H and O–H groups in total. The quantitative estimate of drug-likeness (QED) is 0.0292. The van der Waals surface area contributed by atoms with Gasteiger partial charge in [0.05, 0.1) is 60.9 Å². The van der Waals surface area contributed by atoms with Crippen molar-refractivity contribution in [2.24, 2.45) is 99.1 Å². The van der Waals surface area contributed by atoms with Gasteiger partial charge in [-0.15, -0.1) is 0 Å². The van der Waals surface area contributed by atoms with Crippen LogP contribution >= 0.6 is 0 Å². The first-order valence-electron chi connectivity index (χ1n) is 43.2. The van der Waals surface area contributed by atoms with E-state index in [9.17, 15) is 199 Å². The van der Waals surface area contributed by atoms with E-state index < -0.39 is 264 Å². The van der Waals surface area contributed by atoms with Crippen LogP contribution < -0.4 is 0 Å². The van der Waals surface area contributed by atoms with Crippen molar-refractivity contribution in [3.05, 3.63) is 0 Å². The highest BCUT2D eigenvalue weighted by molar-refractivity contribution is 7.88. The summed E-state index contributed by atoms with van der Waals surface area (Å²) in [4.78, 5) is 74.3.